The highest BCUT2D eigenvalue weighted by atomic mass is 16.3. The molecule has 0 aliphatic heterocycles. The predicted molar refractivity (Wildman–Crippen MR) is 84.8 cm³/mol. The van der Waals surface area contributed by atoms with Gasteiger partial charge < -0.3 is 15.5 Å². The zero-order chi connectivity index (χ0) is 15.8. The van der Waals surface area contributed by atoms with Gasteiger partial charge in [0.2, 0.25) is 5.91 Å². The summed E-state index contributed by atoms with van der Waals surface area (Å²) in [6.45, 7) is 9.34. The van der Waals surface area contributed by atoms with Gasteiger partial charge in [0.05, 0.1) is 11.5 Å². The lowest BCUT2D eigenvalue weighted by Crippen LogP contribution is -2.55. The number of nitrogens with two attached hydrogens (primary N) is 1. The van der Waals surface area contributed by atoms with Gasteiger partial charge in [-0.25, -0.2) is 0 Å². The number of fused-ring (bicyclic) bond motifs is 1. The molecule has 21 heavy (non-hydrogen) atoms. The number of para-hydroxylation sites is 1. The summed E-state index contributed by atoms with van der Waals surface area (Å²) >= 11 is 0. The maximum Gasteiger partial charge on any atom is 0.228 e. The van der Waals surface area contributed by atoms with E-state index in [1.165, 1.54) is 0 Å². The first-order valence-corrected chi connectivity index (χ1v) is 7.21. The van der Waals surface area contributed by atoms with E-state index in [9.17, 15) is 4.79 Å². The third kappa shape index (κ3) is 2.95. The summed E-state index contributed by atoms with van der Waals surface area (Å²) in [6.07, 6.45) is 0. The van der Waals surface area contributed by atoms with Gasteiger partial charge in [0.25, 0.3) is 0 Å². The summed E-state index contributed by atoms with van der Waals surface area (Å²) in [5.74, 6) is 0.665. The van der Waals surface area contributed by atoms with Crippen LogP contribution in [0.2, 0.25) is 0 Å². The molecule has 1 unspecified atom stereocenters. The van der Waals surface area contributed by atoms with Crippen molar-refractivity contribution >= 4 is 16.9 Å². The van der Waals surface area contributed by atoms with E-state index in [1.54, 1.807) is 0 Å². The van der Waals surface area contributed by atoms with E-state index in [-0.39, 0.29) is 11.9 Å². The number of rotatable bonds is 4. The Kier molecular flexibility index (Phi) is 3.85. The van der Waals surface area contributed by atoms with E-state index < -0.39 is 11.0 Å². The minimum atomic E-state index is -0.673. The number of hydrogen-bond donors (Lipinski definition) is 2. The molecule has 0 aliphatic carbocycles. The monoisotopic (exact) mass is 288 g/mol. The van der Waals surface area contributed by atoms with E-state index in [2.05, 4.69) is 5.32 Å². The Morgan fingerprint density at radius 3 is 2.43 bits per heavy atom. The molecule has 0 bridgehead atoms. The fraction of sp³-hybridized carbons (Fsp3) is 0.471. The van der Waals surface area contributed by atoms with E-state index >= 15 is 0 Å². The van der Waals surface area contributed by atoms with Crippen molar-refractivity contribution in [3.05, 3.63) is 36.1 Å². The SMILES string of the molecule is CC(NC(=O)C(C)(C)C(C)(C)N)c1cc2ccccc2o1. The van der Waals surface area contributed by atoms with Crippen LogP contribution in [0.3, 0.4) is 0 Å². The van der Waals surface area contributed by atoms with Crippen LogP contribution in [0.15, 0.2) is 34.7 Å². The van der Waals surface area contributed by atoms with Crippen LogP contribution in [0, 0.1) is 5.41 Å². The lowest BCUT2D eigenvalue weighted by atomic mass is 9.74. The predicted octanol–water partition coefficient (Wildman–Crippen LogP) is 3.37. The van der Waals surface area contributed by atoms with Crippen molar-refractivity contribution in [1.29, 1.82) is 0 Å². The van der Waals surface area contributed by atoms with Crippen molar-refractivity contribution in [1.82, 2.24) is 5.32 Å². The van der Waals surface area contributed by atoms with Crippen molar-refractivity contribution < 1.29 is 9.21 Å². The van der Waals surface area contributed by atoms with Gasteiger partial charge in [0.15, 0.2) is 0 Å². The normalized spacial score (nSPS) is 14.2. The number of carbonyl (C=O) groups excluding carboxylic acids is 1. The highest BCUT2D eigenvalue weighted by Crippen LogP contribution is 2.30. The van der Waals surface area contributed by atoms with Crippen LogP contribution in [0.25, 0.3) is 11.0 Å². The fourth-order valence-electron chi connectivity index (χ4n) is 1.96. The van der Waals surface area contributed by atoms with E-state index in [4.69, 9.17) is 10.2 Å². The van der Waals surface area contributed by atoms with Gasteiger partial charge in [0.1, 0.15) is 11.3 Å². The van der Waals surface area contributed by atoms with Crippen LogP contribution in [-0.2, 0) is 4.79 Å². The molecular weight excluding hydrogens is 264 g/mol. The summed E-state index contributed by atoms with van der Waals surface area (Å²) in [4.78, 5) is 12.5. The molecule has 1 atom stereocenters. The first kappa shape index (κ1) is 15.6. The quantitative estimate of drug-likeness (QED) is 0.906. The Morgan fingerprint density at radius 1 is 1.24 bits per heavy atom. The van der Waals surface area contributed by atoms with E-state index in [0.29, 0.717) is 0 Å². The number of benzene rings is 1. The van der Waals surface area contributed by atoms with Gasteiger partial charge in [-0.2, -0.15) is 0 Å². The second-order valence-electron chi connectivity index (χ2n) is 6.73. The van der Waals surface area contributed by atoms with Crippen LogP contribution >= 0.6 is 0 Å². The summed E-state index contributed by atoms with van der Waals surface area (Å²) in [5.41, 5.74) is 5.65. The number of amides is 1. The summed E-state index contributed by atoms with van der Waals surface area (Å²) in [6, 6.07) is 9.56. The van der Waals surface area contributed by atoms with Gasteiger partial charge in [-0.1, -0.05) is 18.2 Å². The minimum Gasteiger partial charge on any atom is -0.459 e. The number of nitrogens with one attached hydrogen (secondary N) is 1. The van der Waals surface area contributed by atoms with Crippen LogP contribution < -0.4 is 11.1 Å². The van der Waals surface area contributed by atoms with E-state index in [0.717, 1.165) is 16.7 Å². The molecule has 0 radical (unpaired) electrons. The second kappa shape index (κ2) is 5.19. The zero-order valence-electron chi connectivity index (χ0n) is 13.4. The Labute approximate surface area is 125 Å². The Morgan fingerprint density at radius 2 is 1.86 bits per heavy atom. The molecule has 0 aliphatic rings. The molecule has 114 valence electrons. The molecule has 0 spiro atoms. The first-order valence-electron chi connectivity index (χ1n) is 7.21. The smallest absolute Gasteiger partial charge is 0.228 e. The molecule has 4 heteroatoms. The summed E-state index contributed by atoms with van der Waals surface area (Å²) in [7, 11) is 0. The highest BCUT2D eigenvalue weighted by Gasteiger charge is 2.41. The van der Waals surface area contributed by atoms with Crippen LogP contribution in [-0.4, -0.2) is 11.4 Å². The van der Waals surface area contributed by atoms with Crippen LogP contribution in [0.1, 0.15) is 46.4 Å². The van der Waals surface area contributed by atoms with Gasteiger partial charge >= 0.3 is 0 Å². The molecule has 2 rings (SSSR count). The molecule has 1 heterocycles. The van der Waals surface area contributed by atoms with Crippen LogP contribution in [0.5, 0.6) is 0 Å². The van der Waals surface area contributed by atoms with Crippen molar-refractivity contribution in [2.45, 2.75) is 46.2 Å². The first-order chi connectivity index (χ1) is 9.63. The molecule has 1 amide bonds. The summed E-state index contributed by atoms with van der Waals surface area (Å²) in [5, 5.41) is 4.03. The molecule has 1 aromatic carbocycles. The molecule has 0 saturated carbocycles. The zero-order valence-corrected chi connectivity index (χ0v) is 13.4. The lowest BCUT2D eigenvalue weighted by molar-refractivity contribution is -0.133. The molecule has 0 saturated heterocycles. The molecule has 1 aromatic heterocycles. The molecule has 0 fully saturated rings. The number of hydrogen-bond acceptors (Lipinski definition) is 3. The second-order valence-corrected chi connectivity index (χ2v) is 6.73. The van der Waals surface area contributed by atoms with Crippen LogP contribution in [0.4, 0.5) is 0 Å². The van der Waals surface area contributed by atoms with Gasteiger partial charge in [0, 0.05) is 10.9 Å². The third-order valence-corrected chi connectivity index (χ3v) is 4.40. The largest absolute Gasteiger partial charge is 0.459 e. The van der Waals surface area contributed by atoms with Crippen molar-refractivity contribution in [2.24, 2.45) is 11.1 Å². The minimum absolute atomic E-state index is 0.0806. The highest BCUT2D eigenvalue weighted by molar-refractivity contribution is 5.84. The Hall–Kier alpha value is -1.81. The molecular formula is C17H24N2O2. The fourth-order valence-corrected chi connectivity index (χ4v) is 1.96. The lowest BCUT2D eigenvalue weighted by Gasteiger charge is -2.37. The topological polar surface area (TPSA) is 68.3 Å². The molecule has 4 nitrogen and oxygen atoms in total. The number of carbonyl (C=O) groups is 1. The van der Waals surface area contributed by atoms with E-state index in [1.807, 2.05) is 65.0 Å². The average Bonchev–Trinajstić information content (AvgIpc) is 2.80. The average molecular weight is 288 g/mol. The van der Waals surface area contributed by atoms with Crippen molar-refractivity contribution in [3.8, 4) is 0 Å². The van der Waals surface area contributed by atoms with Gasteiger partial charge in [-0.15, -0.1) is 0 Å². The van der Waals surface area contributed by atoms with Gasteiger partial charge in [-0.3, -0.25) is 4.79 Å². The Bertz CT molecular complexity index is 617. The third-order valence-electron chi connectivity index (χ3n) is 4.40. The number of furan rings is 1. The maximum atomic E-state index is 12.5. The maximum absolute atomic E-state index is 12.5. The molecule has 2 aromatic rings. The van der Waals surface area contributed by atoms with Crippen molar-refractivity contribution in [2.75, 3.05) is 0 Å². The Balaban J connectivity index is 2.18. The van der Waals surface area contributed by atoms with Crippen molar-refractivity contribution in [3.63, 3.8) is 0 Å². The summed E-state index contributed by atoms with van der Waals surface area (Å²) < 4.78 is 5.78. The van der Waals surface area contributed by atoms with Gasteiger partial charge in [-0.05, 0) is 46.8 Å². The molecule has 3 N–H and O–H groups in total. The standard InChI is InChI=1S/C17H24N2O2/c1-11(19-15(20)16(2,3)17(4,5)18)14-10-12-8-6-7-9-13(12)21-14/h6-11H,18H2,1-5H3,(H,19,20).